The maximum absolute atomic E-state index is 12.9. The van der Waals surface area contributed by atoms with E-state index in [2.05, 4.69) is 20.6 Å². The molecule has 2 aromatic rings. The van der Waals surface area contributed by atoms with Crippen molar-refractivity contribution in [1.29, 1.82) is 0 Å². The lowest BCUT2D eigenvalue weighted by Gasteiger charge is -2.36. The van der Waals surface area contributed by atoms with E-state index in [0.717, 1.165) is 41.0 Å². The first-order valence-electron chi connectivity index (χ1n) is 10.3. The van der Waals surface area contributed by atoms with Gasteiger partial charge in [0.25, 0.3) is 5.91 Å². The zero-order valence-corrected chi connectivity index (χ0v) is 16.7. The minimum atomic E-state index is -0.823. The highest BCUT2D eigenvalue weighted by atomic mass is 16.2. The van der Waals surface area contributed by atoms with Gasteiger partial charge >= 0.3 is 6.03 Å². The molecule has 1 saturated carbocycles. The summed E-state index contributed by atoms with van der Waals surface area (Å²) in [5.41, 5.74) is 1.10. The van der Waals surface area contributed by atoms with Crippen molar-refractivity contribution in [1.82, 2.24) is 25.5 Å². The van der Waals surface area contributed by atoms with Crippen molar-refractivity contribution in [2.24, 2.45) is 5.92 Å². The van der Waals surface area contributed by atoms with Gasteiger partial charge in [-0.1, -0.05) is 31.9 Å². The smallest absolute Gasteiger partial charge is 0.325 e. The normalized spacial score (nSPS) is 24.3. The third kappa shape index (κ3) is 3.71. The number of hydrogen-bond donors (Lipinski definition) is 3. The van der Waals surface area contributed by atoms with Crippen LogP contribution in [0.15, 0.2) is 24.3 Å². The van der Waals surface area contributed by atoms with Gasteiger partial charge in [0.15, 0.2) is 0 Å². The Balaban J connectivity index is 1.26. The Hall–Kier alpha value is -2.90. The SMILES string of the molecule is CC1CCCCC12NC(=O)N(CC(=O)NCCCc1nc3ccccc3[nH]1)C2=O. The quantitative estimate of drug-likeness (QED) is 0.512. The van der Waals surface area contributed by atoms with Gasteiger partial charge in [0, 0.05) is 13.0 Å². The Kier molecular flexibility index (Phi) is 5.25. The summed E-state index contributed by atoms with van der Waals surface area (Å²) >= 11 is 0. The van der Waals surface area contributed by atoms with E-state index in [4.69, 9.17) is 0 Å². The molecule has 1 aromatic carbocycles. The van der Waals surface area contributed by atoms with Crippen LogP contribution in [0.5, 0.6) is 0 Å². The van der Waals surface area contributed by atoms with Crippen LogP contribution < -0.4 is 10.6 Å². The summed E-state index contributed by atoms with van der Waals surface area (Å²) in [5, 5.41) is 5.67. The van der Waals surface area contributed by atoms with Crippen molar-refractivity contribution < 1.29 is 14.4 Å². The summed E-state index contributed by atoms with van der Waals surface area (Å²) in [4.78, 5) is 46.4. The highest BCUT2D eigenvalue weighted by Crippen LogP contribution is 2.38. The second kappa shape index (κ2) is 7.85. The lowest BCUT2D eigenvalue weighted by atomic mass is 9.73. The van der Waals surface area contributed by atoms with E-state index < -0.39 is 11.6 Å². The first-order chi connectivity index (χ1) is 14.0. The molecule has 1 aliphatic carbocycles. The number of imide groups is 1. The molecule has 0 bridgehead atoms. The maximum atomic E-state index is 12.9. The fourth-order valence-electron chi connectivity index (χ4n) is 4.45. The number of para-hydroxylation sites is 2. The molecule has 8 nitrogen and oxygen atoms in total. The average molecular weight is 397 g/mol. The molecule has 4 amide bonds. The number of amides is 4. The number of aryl methyl sites for hydroxylation is 1. The molecule has 154 valence electrons. The van der Waals surface area contributed by atoms with E-state index in [-0.39, 0.29) is 24.3 Å². The van der Waals surface area contributed by atoms with Gasteiger partial charge in [-0.3, -0.25) is 14.5 Å². The van der Waals surface area contributed by atoms with E-state index in [1.54, 1.807) is 0 Å². The average Bonchev–Trinajstić information content (AvgIpc) is 3.22. The molecule has 1 spiro atoms. The van der Waals surface area contributed by atoms with Crippen LogP contribution in [-0.4, -0.2) is 51.3 Å². The summed E-state index contributed by atoms with van der Waals surface area (Å²) in [7, 11) is 0. The Labute approximate surface area is 169 Å². The minimum absolute atomic E-state index is 0.0876. The van der Waals surface area contributed by atoms with Gasteiger partial charge in [0.05, 0.1) is 11.0 Å². The summed E-state index contributed by atoms with van der Waals surface area (Å²) in [5.74, 6) is 0.387. The lowest BCUT2D eigenvalue weighted by Crippen LogP contribution is -2.54. The molecule has 2 aliphatic rings. The molecule has 1 saturated heterocycles. The molecule has 8 heteroatoms. The van der Waals surface area contributed by atoms with Crippen LogP contribution in [0, 0.1) is 5.92 Å². The highest BCUT2D eigenvalue weighted by Gasteiger charge is 2.55. The van der Waals surface area contributed by atoms with Gasteiger partial charge in [0.2, 0.25) is 5.91 Å². The van der Waals surface area contributed by atoms with Crippen molar-refractivity contribution in [3.05, 3.63) is 30.1 Å². The molecule has 4 rings (SSSR count). The monoisotopic (exact) mass is 397 g/mol. The molecule has 2 heterocycles. The third-order valence-corrected chi connectivity index (χ3v) is 6.15. The second-order valence-electron chi connectivity index (χ2n) is 8.09. The lowest BCUT2D eigenvalue weighted by molar-refractivity contribution is -0.137. The van der Waals surface area contributed by atoms with Crippen LogP contribution in [0.25, 0.3) is 11.0 Å². The molecule has 29 heavy (non-hydrogen) atoms. The largest absolute Gasteiger partial charge is 0.355 e. The Bertz CT molecular complexity index is 906. The van der Waals surface area contributed by atoms with Gasteiger partial charge in [-0.05, 0) is 37.3 Å². The number of aromatic amines is 1. The number of hydrogen-bond acceptors (Lipinski definition) is 4. The summed E-state index contributed by atoms with van der Waals surface area (Å²) < 4.78 is 0. The summed E-state index contributed by atoms with van der Waals surface area (Å²) in [6.07, 6.45) is 4.96. The minimum Gasteiger partial charge on any atom is -0.355 e. The van der Waals surface area contributed by atoms with Crippen LogP contribution in [0.3, 0.4) is 0 Å². The molecule has 1 aliphatic heterocycles. The van der Waals surface area contributed by atoms with Gasteiger partial charge in [-0.2, -0.15) is 0 Å². The molecule has 2 unspecified atom stereocenters. The van der Waals surface area contributed by atoms with Crippen LogP contribution in [0.4, 0.5) is 4.79 Å². The number of carbonyl (C=O) groups excluding carboxylic acids is 3. The molecular weight excluding hydrogens is 370 g/mol. The maximum Gasteiger partial charge on any atom is 0.325 e. The van der Waals surface area contributed by atoms with Crippen LogP contribution in [-0.2, 0) is 16.0 Å². The Morgan fingerprint density at radius 3 is 2.93 bits per heavy atom. The Morgan fingerprint density at radius 2 is 2.14 bits per heavy atom. The number of imidazole rings is 1. The zero-order valence-electron chi connectivity index (χ0n) is 16.7. The Morgan fingerprint density at radius 1 is 1.31 bits per heavy atom. The van der Waals surface area contributed by atoms with Crippen molar-refractivity contribution in [2.75, 3.05) is 13.1 Å². The van der Waals surface area contributed by atoms with Crippen molar-refractivity contribution in [2.45, 2.75) is 51.0 Å². The molecule has 1 aromatic heterocycles. The highest BCUT2D eigenvalue weighted by molar-refractivity contribution is 6.09. The predicted molar refractivity (Wildman–Crippen MR) is 108 cm³/mol. The zero-order chi connectivity index (χ0) is 20.4. The molecule has 3 N–H and O–H groups in total. The van der Waals surface area contributed by atoms with Crippen molar-refractivity contribution in [3.63, 3.8) is 0 Å². The van der Waals surface area contributed by atoms with Gasteiger partial charge < -0.3 is 15.6 Å². The first-order valence-corrected chi connectivity index (χ1v) is 10.3. The van der Waals surface area contributed by atoms with Crippen LogP contribution in [0.2, 0.25) is 0 Å². The van der Waals surface area contributed by atoms with Gasteiger partial charge in [-0.25, -0.2) is 9.78 Å². The number of carbonyl (C=O) groups is 3. The second-order valence-corrected chi connectivity index (χ2v) is 8.09. The summed E-state index contributed by atoms with van der Waals surface area (Å²) in [6.45, 7) is 2.23. The number of fused-ring (bicyclic) bond motifs is 1. The molecule has 2 fully saturated rings. The number of rotatable bonds is 6. The van der Waals surface area contributed by atoms with Crippen LogP contribution in [0.1, 0.15) is 44.9 Å². The van der Waals surface area contributed by atoms with Crippen LogP contribution >= 0.6 is 0 Å². The fraction of sp³-hybridized carbons (Fsp3) is 0.524. The van der Waals surface area contributed by atoms with E-state index in [1.165, 1.54) is 0 Å². The number of urea groups is 1. The molecule has 0 radical (unpaired) electrons. The molecular formula is C21H27N5O3. The van der Waals surface area contributed by atoms with Crippen molar-refractivity contribution in [3.8, 4) is 0 Å². The van der Waals surface area contributed by atoms with Gasteiger partial charge in [0.1, 0.15) is 17.9 Å². The predicted octanol–water partition coefficient (Wildman–Crippen LogP) is 2.11. The number of H-pyrrole nitrogens is 1. The fourth-order valence-corrected chi connectivity index (χ4v) is 4.45. The number of nitrogens with zero attached hydrogens (tertiary/aromatic N) is 2. The number of nitrogens with one attached hydrogen (secondary N) is 3. The third-order valence-electron chi connectivity index (χ3n) is 6.15. The summed E-state index contributed by atoms with van der Waals surface area (Å²) in [6, 6.07) is 7.38. The standard InChI is InChI=1S/C21H27N5O3/c1-14-7-4-5-11-21(14)19(28)26(20(29)25-21)13-18(27)22-12-6-10-17-23-15-8-2-3-9-16(15)24-17/h2-3,8-9,14H,4-7,10-13H2,1H3,(H,22,27)(H,23,24)(H,25,29). The topological polar surface area (TPSA) is 107 Å². The number of benzene rings is 1. The number of aromatic nitrogens is 2. The van der Waals surface area contributed by atoms with E-state index in [9.17, 15) is 14.4 Å². The first kappa shape index (κ1) is 19.4. The van der Waals surface area contributed by atoms with E-state index in [1.807, 2.05) is 31.2 Å². The van der Waals surface area contributed by atoms with Crippen molar-refractivity contribution >= 4 is 28.9 Å². The van der Waals surface area contributed by atoms with Gasteiger partial charge in [-0.15, -0.1) is 0 Å². The van der Waals surface area contributed by atoms with E-state index >= 15 is 0 Å². The van der Waals surface area contributed by atoms with E-state index in [0.29, 0.717) is 25.8 Å². The molecule has 2 atom stereocenters.